The summed E-state index contributed by atoms with van der Waals surface area (Å²) in [6, 6.07) is 8.40. The van der Waals surface area contributed by atoms with Gasteiger partial charge in [0.1, 0.15) is 6.34 Å². The summed E-state index contributed by atoms with van der Waals surface area (Å²) in [5.41, 5.74) is 2.59. The van der Waals surface area contributed by atoms with Crippen molar-refractivity contribution in [2.75, 3.05) is 11.6 Å². The van der Waals surface area contributed by atoms with Crippen LogP contribution in [0.3, 0.4) is 0 Å². The number of carboxylic acids is 1. The van der Waals surface area contributed by atoms with Crippen LogP contribution >= 0.6 is 35.4 Å². The molecule has 10 nitrogen and oxygen atoms in total. The van der Waals surface area contributed by atoms with Crippen molar-refractivity contribution in [3.05, 3.63) is 62.7 Å². The number of anilines is 1. The summed E-state index contributed by atoms with van der Waals surface area (Å²) in [6.07, 6.45) is 2.77. The molecule has 0 radical (unpaired) electrons. The van der Waals surface area contributed by atoms with Gasteiger partial charge in [0.05, 0.1) is 23.3 Å². The third kappa shape index (κ3) is 6.75. The highest BCUT2D eigenvalue weighted by atomic mass is 35.5. The van der Waals surface area contributed by atoms with Crippen LogP contribution in [0.1, 0.15) is 31.5 Å². The van der Waals surface area contributed by atoms with Gasteiger partial charge in [0.15, 0.2) is 5.50 Å². The first-order chi connectivity index (χ1) is 18.1. The van der Waals surface area contributed by atoms with E-state index in [-0.39, 0.29) is 18.0 Å². The number of hydrogen-bond donors (Lipinski definition) is 4. The molecule has 3 rings (SSSR count). The van der Waals surface area contributed by atoms with Gasteiger partial charge in [-0.2, -0.15) is 9.46 Å². The summed E-state index contributed by atoms with van der Waals surface area (Å²) in [6.45, 7) is 1.92. The number of carbonyl (C=O) groups is 1. The number of carboxylic acid groups (broad SMARTS) is 1. The zero-order chi connectivity index (χ0) is 28.0. The smallest absolute Gasteiger partial charge is 0.306 e. The van der Waals surface area contributed by atoms with Crippen molar-refractivity contribution in [2.24, 2.45) is 27.1 Å². The van der Waals surface area contributed by atoms with E-state index in [4.69, 9.17) is 59.5 Å². The van der Waals surface area contributed by atoms with Gasteiger partial charge in [-0.3, -0.25) is 14.6 Å². The lowest BCUT2D eigenvalue weighted by Gasteiger charge is -2.22. The Bertz CT molecular complexity index is 1350. The Labute approximate surface area is 240 Å². The minimum Gasteiger partial charge on any atom is -0.481 e. The fourth-order valence-corrected chi connectivity index (χ4v) is 5.12. The molecule has 1 aliphatic rings. The van der Waals surface area contributed by atoms with Crippen LogP contribution in [0.2, 0.25) is 5.02 Å². The van der Waals surface area contributed by atoms with E-state index in [1.54, 1.807) is 29.7 Å². The standard InChI is InChI=1S/C24H27Cl2N7O3S2/c1-13(24(35)36)6-15(11-37)22(23(26)31-38)29-10-18-4-3-17-7-14(8-21(34)33(17)18)19-9-16(25)2-5-20(19)32(28)12-30-27/h2,5,7-9,11-13,18,23,29H,3-4,6,10,27-28H2,1H3,(H,35,36)/b22-15-,30-12?. The molecule has 0 bridgehead atoms. The predicted octanol–water partition coefficient (Wildman–Crippen LogP) is 3.49. The monoisotopic (exact) mass is 595 g/mol. The Hall–Kier alpha value is -2.90. The van der Waals surface area contributed by atoms with Gasteiger partial charge in [0, 0.05) is 46.7 Å². The Morgan fingerprint density at radius 1 is 1.39 bits per heavy atom. The van der Waals surface area contributed by atoms with E-state index in [0.717, 1.165) is 5.69 Å². The Morgan fingerprint density at radius 3 is 2.76 bits per heavy atom. The second-order valence-corrected chi connectivity index (χ2v) is 10.1. The predicted molar refractivity (Wildman–Crippen MR) is 157 cm³/mol. The molecular formula is C24H27Cl2N7O3S2. The number of aromatic nitrogens is 1. The lowest BCUT2D eigenvalue weighted by atomic mass is 10.0. The molecule has 0 spiro atoms. The maximum Gasteiger partial charge on any atom is 0.306 e. The molecule has 14 heteroatoms. The number of aliphatic carboxylic acids is 1. The molecule has 0 saturated carbocycles. The number of benzene rings is 1. The topological polar surface area (TPSA) is 151 Å². The summed E-state index contributed by atoms with van der Waals surface area (Å²) < 4.78 is 5.44. The molecule has 0 fully saturated rings. The van der Waals surface area contributed by atoms with Crippen LogP contribution in [-0.2, 0) is 23.6 Å². The van der Waals surface area contributed by atoms with Gasteiger partial charge in [0.2, 0.25) is 0 Å². The van der Waals surface area contributed by atoms with Crippen molar-refractivity contribution >= 4 is 71.2 Å². The van der Waals surface area contributed by atoms with Gasteiger partial charge in [-0.1, -0.05) is 42.3 Å². The van der Waals surface area contributed by atoms with Crippen molar-refractivity contribution in [3.63, 3.8) is 0 Å². The minimum atomic E-state index is -0.955. The zero-order valence-corrected chi connectivity index (χ0v) is 23.5. The van der Waals surface area contributed by atoms with Gasteiger partial charge in [-0.25, -0.2) is 5.84 Å². The number of nitrogens with one attached hydrogen (secondary N) is 1. The van der Waals surface area contributed by atoms with Gasteiger partial charge in [0.25, 0.3) is 5.56 Å². The highest BCUT2D eigenvalue weighted by Crippen LogP contribution is 2.34. The number of rotatable bonds is 12. The summed E-state index contributed by atoms with van der Waals surface area (Å²) >= 11 is 22.5. The molecule has 0 aliphatic carbocycles. The average molecular weight is 597 g/mol. The second kappa shape index (κ2) is 13.3. The minimum absolute atomic E-state index is 0.162. The number of nitrogens with two attached hydrogens (primary N) is 2. The fraction of sp³-hybridized carbons (Fsp3) is 0.333. The molecular weight excluding hydrogens is 569 g/mol. The first kappa shape index (κ1) is 29.7. The van der Waals surface area contributed by atoms with Gasteiger partial charge in [-0.15, -0.1) is 0 Å². The van der Waals surface area contributed by atoms with E-state index >= 15 is 0 Å². The van der Waals surface area contributed by atoms with E-state index < -0.39 is 17.4 Å². The van der Waals surface area contributed by atoms with Crippen molar-refractivity contribution in [1.29, 1.82) is 0 Å². The van der Waals surface area contributed by atoms with Crippen molar-refractivity contribution in [2.45, 2.75) is 37.7 Å². The van der Waals surface area contributed by atoms with Crippen molar-refractivity contribution in [1.82, 2.24) is 9.88 Å². The highest BCUT2D eigenvalue weighted by Gasteiger charge is 2.26. The molecule has 38 heavy (non-hydrogen) atoms. The zero-order valence-electron chi connectivity index (χ0n) is 20.4. The average Bonchev–Trinajstić information content (AvgIpc) is 3.31. The van der Waals surface area contributed by atoms with Crippen LogP contribution in [-0.4, -0.2) is 39.4 Å². The first-order valence-corrected chi connectivity index (χ1v) is 13.2. The molecule has 1 aromatic carbocycles. The van der Waals surface area contributed by atoms with Gasteiger partial charge >= 0.3 is 5.97 Å². The first-order valence-electron chi connectivity index (χ1n) is 11.5. The number of hydrazone groups is 1. The van der Waals surface area contributed by atoms with E-state index in [2.05, 4.69) is 14.8 Å². The molecule has 3 atom stereocenters. The lowest BCUT2D eigenvalue weighted by molar-refractivity contribution is -0.141. The van der Waals surface area contributed by atoms with Crippen LogP contribution in [0.5, 0.6) is 0 Å². The number of alkyl halides is 1. The number of thiocarbonyl (C=S) groups is 1. The summed E-state index contributed by atoms with van der Waals surface area (Å²) in [5, 5.41) is 19.1. The maximum absolute atomic E-state index is 13.3. The molecule has 202 valence electrons. The molecule has 6 N–H and O–H groups in total. The van der Waals surface area contributed by atoms with Crippen LogP contribution in [0.15, 0.2) is 55.9 Å². The van der Waals surface area contributed by atoms with Crippen LogP contribution < -0.4 is 27.6 Å². The van der Waals surface area contributed by atoms with Gasteiger partial charge < -0.3 is 20.8 Å². The van der Waals surface area contributed by atoms with E-state index in [0.29, 0.717) is 52.5 Å². The Balaban J connectivity index is 1.93. The number of pyridine rings is 1. The molecule has 3 unspecified atom stereocenters. The molecule has 0 amide bonds. The SMILES string of the molecule is CC(C/C(C=S)=C(/NCC1CCc2cc(-c3cc(Cl)ccc3N(N)C=NN)cc(=O)n21)C(Cl)N=S)C(=O)O. The maximum atomic E-state index is 13.3. The van der Waals surface area contributed by atoms with Crippen LogP contribution in [0.4, 0.5) is 5.69 Å². The Morgan fingerprint density at radius 2 is 2.13 bits per heavy atom. The number of nitrogens with zero attached hydrogens (tertiary/aromatic N) is 4. The number of fused-ring (bicyclic) bond motifs is 1. The summed E-state index contributed by atoms with van der Waals surface area (Å²) in [5.74, 6) is 9.66. The number of hydrazine groups is 1. The van der Waals surface area contributed by atoms with Gasteiger partial charge in [-0.05, 0) is 54.7 Å². The third-order valence-corrected chi connectivity index (χ3v) is 7.44. The van der Waals surface area contributed by atoms with Crippen molar-refractivity contribution < 1.29 is 9.90 Å². The van der Waals surface area contributed by atoms with Crippen LogP contribution in [0, 0.1) is 5.92 Å². The molecule has 1 aliphatic heterocycles. The summed E-state index contributed by atoms with van der Waals surface area (Å²) in [7, 11) is 0. The normalized spacial score (nSPS) is 16.9. The van der Waals surface area contributed by atoms with E-state index in [1.165, 1.54) is 22.8 Å². The quantitative estimate of drug-likeness (QED) is 0.0422. The number of allylic oxidation sites excluding steroid dienone is 1. The Kier molecular flexibility index (Phi) is 10.3. The molecule has 0 saturated heterocycles. The number of aryl methyl sites for hydroxylation is 1. The fourth-order valence-electron chi connectivity index (χ4n) is 4.40. The molecule has 2 heterocycles. The largest absolute Gasteiger partial charge is 0.481 e. The van der Waals surface area contributed by atoms with E-state index in [1.807, 2.05) is 6.07 Å². The van der Waals surface area contributed by atoms with Crippen LogP contribution in [0.25, 0.3) is 11.1 Å². The number of halogens is 2. The van der Waals surface area contributed by atoms with E-state index in [9.17, 15) is 14.7 Å². The highest BCUT2D eigenvalue weighted by molar-refractivity contribution is 7.79. The molecule has 2 aromatic rings. The second-order valence-electron chi connectivity index (χ2n) is 8.79. The third-order valence-electron chi connectivity index (χ3n) is 6.28. The van der Waals surface area contributed by atoms with Crippen molar-refractivity contribution in [3.8, 4) is 11.1 Å². The lowest BCUT2D eigenvalue weighted by Crippen LogP contribution is -2.32. The number of hydrogen-bond acceptors (Lipinski definition) is 9. The molecule has 1 aromatic heterocycles. The summed E-state index contributed by atoms with van der Waals surface area (Å²) in [4.78, 5) is 24.7.